The molecule has 0 saturated heterocycles. The Labute approximate surface area is 84.9 Å². The number of hydrogen-bond donors (Lipinski definition) is 0. The second-order valence-corrected chi connectivity index (χ2v) is 10.9. The molecule has 0 N–H and O–H groups in total. The lowest BCUT2D eigenvalue weighted by Gasteiger charge is -2.48. The molecule has 0 spiro atoms. The standard InChI is InChI=1S/C11H25NSi/c1-9-13(10(2)3,12(7)8)11(4,5)6/h9-10H,1H2,2-8H3. The van der Waals surface area contributed by atoms with Crippen molar-refractivity contribution >= 4 is 8.24 Å². The number of hydrogen-bond acceptors (Lipinski definition) is 1. The smallest absolute Gasteiger partial charge is 0.160 e. The molecule has 0 aliphatic heterocycles. The van der Waals surface area contributed by atoms with Crippen LogP contribution in [0.2, 0.25) is 10.6 Å². The van der Waals surface area contributed by atoms with Gasteiger partial charge in [-0.1, -0.05) is 40.3 Å². The van der Waals surface area contributed by atoms with Gasteiger partial charge >= 0.3 is 0 Å². The third kappa shape index (κ3) is 2.05. The van der Waals surface area contributed by atoms with E-state index in [1.54, 1.807) is 0 Å². The van der Waals surface area contributed by atoms with Crippen molar-refractivity contribution in [2.45, 2.75) is 45.2 Å². The van der Waals surface area contributed by atoms with Gasteiger partial charge in [0, 0.05) is 0 Å². The summed E-state index contributed by atoms with van der Waals surface area (Å²) in [6, 6.07) is 0. The highest BCUT2D eigenvalue weighted by atomic mass is 28.3. The minimum absolute atomic E-state index is 0.354. The van der Waals surface area contributed by atoms with Crippen LogP contribution in [0.5, 0.6) is 0 Å². The molecule has 0 aromatic carbocycles. The molecule has 0 rings (SSSR count). The first-order valence-corrected chi connectivity index (χ1v) is 7.11. The first kappa shape index (κ1) is 12.9. The van der Waals surface area contributed by atoms with Crippen molar-refractivity contribution in [2.24, 2.45) is 0 Å². The number of rotatable bonds is 3. The quantitative estimate of drug-likeness (QED) is 0.630. The molecule has 2 heteroatoms. The fourth-order valence-corrected chi connectivity index (χ4v) is 8.33. The van der Waals surface area contributed by atoms with E-state index in [-0.39, 0.29) is 0 Å². The minimum Gasteiger partial charge on any atom is -0.325 e. The predicted octanol–water partition coefficient (Wildman–Crippen LogP) is 3.43. The highest BCUT2D eigenvalue weighted by Crippen LogP contribution is 2.44. The van der Waals surface area contributed by atoms with Crippen LogP contribution < -0.4 is 0 Å². The zero-order valence-corrected chi connectivity index (χ0v) is 11.3. The Morgan fingerprint density at radius 3 is 1.62 bits per heavy atom. The lowest BCUT2D eigenvalue weighted by atomic mass is 10.2. The van der Waals surface area contributed by atoms with Gasteiger partial charge in [0.05, 0.1) is 0 Å². The molecule has 78 valence electrons. The van der Waals surface area contributed by atoms with E-state index in [4.69, 9.17) is 0 Å². The molecule has 0 aromatic rings. The van der Waals surface area contributed by atoms with E-state index < -0.39 is 8.24 Å². The van der Waals surface area contributed by atoms with Gasteiger partial charge in [0.1, 0.15) is 0 Å². The van der Waals surface area contributed by atoms with Crippen molar-refractivity contribution in [1.29, 1.82) is 0 Å². The Balaban J connectivity index is 5.24. The van der Waals surface area contributed by atoms with Gasteiger partial charge in [0.15, 0.2) is 8.24 Å². The van der Waals surface area contributed by atoms with E-state index in [9.17, 15) is 0 Å². The number of nitrogens with zero attached hydrogens (tertiary/aromatic N) is 1. The summed E-state index contributed by atoms with van der Waals surface area (Å²) in [5, 5.41) is 0.354. The minimum atomic E-state index is -1.53. The highest BCUT2D eigenvalue weighted by molar-refractivity contribution is 6.85. The van der Waals surface area contributed by atoms with Crippen LogP contribution in [0, 0.1) is 0 Å². The lowest BCUT2D eigenvalue weighted by Crippen LogP contribution is -2.57. The average Bonchev–Trinajstić information content (AvgIpc) is 1.83. The van der Waals surface area contributed by atoms with Gasteiger partial charge in [0.2, 0.25) is 0 Å². The molecular weight excluding hydrogens is 174 g/mol. The molecule has 0 saturated carbocycles. The molecule has 0 fully saturated rings. The van der Waals surface area contributed by atoms with Gasteiger partial charge in [-0.2, -0.15) is 0 Å². The largest absolute Gasteiger partial charge is 0.325 e. The summed E-state index contributed by atoms with van der Waals surface area (Å²) in [4.78, 5) is 0. The van der Waals surface area contributed by atoms with Gasteiger partial charge < -0.3 is 4.57 Å². The second kappa shape index (κ2) is 3.97. The van der Waals surface area contributed by atoms with Crippen LogP contribution in [0.15, 0.2) is 12.3 Å². The maximum absolute atomic E-state index is 4.06. The summed E-state index contributed by atoms with van der Waals surface area (Å²) >= 11 is 0. The molecule has 0 aliphatic rings. The normalized spacial score (nSPS) is 17.6. The molecule has 1 nitrogen and oxygen atoms in total. The Kier molecular flexibility index (Phi) is 3.94. The predicted molar refractivity (Wildman–Crippen MR) is 64.5 cm³/mol. The molecule has 0 heterocycles. The van der Waals surface area contributed by atoms with Gasteiger partial charge in [-0.15, -0.1) is 6.58 Å². The first-order valence-electron chi connectivity index (χ1n) is 5.01. The van der Waals surface area contributed by atoms with E-state index >= 15 is 0 Å². The SMILES string of the molecule is C=C[Si](C(C)C)(N(C)C)C(C)(C)C. The van der Waals surface area contributed by atoms with E-state index in [1.807, 2.05) is 0 Å². The molecule has 0 radical (unpaired) electrons. The maximum atomic E-state index is 4.06. The average molecular weight is 199 g/mol. The van der Waals surface area contributed by atoms with Crippen molar-refractivity contribution in [3.8, 4) is 0 Å². The van der Waals surface area contributed by atoms with Gasteiger partial charge in [-0.05, 0) is 24.7 Å². The van der Waals surface area contributed by atoms with Gasteiger partial charge in [0.25, 0.3) is 0 Å². The summed E-state index contributed by atoms with van der Waals surface area (Å²) < 4.78 is 2.42. The van der Waals surface area contributed by atoms with Crippen molar-refractivity contribution in [2.75, 3.05) is 14.1 Å². The summed E-state index contributed by atoms with van der Waals surface area (Å²) in [7, 11) is 2.86. The van der Waals surface area contributed by atoms with Crippen LogP contribution >= 0.6 is 0 Å². The molecule has 0 bridgehead atoms. The zero-order chi connectivity index (χ0) is 10.9. The Hall–Kier alpha value is -0.0831. The Morgan fingerprint density at radius 2 is 1.62 bits per heavy atom. The van der Waals surface area contributed by atoms with E-state index in [1.165, 1.54) is 0 Å². The van der Waals surface area contributed by atoms with Crippen LogP contribution in [-0.4, -0.2) is 26.9 Å². The molecule has 13 heavy (non-hydrogen) atoms. The van der Waals surface area contributed by atoms with Gasteiger partial charge in [-0.25, -0.2) is 0 Å². The van der Waals surface area contributed by atoms with Gasteiger partial charge in [-0.3, -0.25) is 0 Å². The molecule has 1 unspecified atom stereocenters. The van der Waals surface area contributed by atoms with Crippen LogP contribution in [0.4, 0.5) is 0 Å². The van der Waals surface area contributed by atoms with Crippen LogP contribution in [0.25, 0.3) is 0 Å². The maximum Gasteiger partial charge on any atom is 0.160 e. The lowest BCUT2D eigenvalue weighted by molar-refractivity contribution is 0.531. The molecule has 1 atom stereocenters. The topological polar surface area (TPSA) is 3.24 Å². The highest BCUT2D eigenvalue weighted by Gasteiger charge is 2.46. The molecule has 0 aromatic heterocycles. The van der Waals surface area contributed by atoms with Crippen molar-refractivity contribution < 1.29 is 0 Å². The van der Waals surface area contributed by atoms with Crippen LogP contribution in [-0.2, 0) is 0 Å². The summed E-state index contributed by atoms with van der Waals surface area (Å²) in [6.45, 7) is 15.7. The molecule has 0 amide bonds. The monoisotopic (exact) mass is 199 g/mol. The van der Waals surface area contributed by atoms with E-state index in [0.29, 0.717) is 10.6 Å². The Morgan fingerprint density at radius 1 is 1.23 bits per heavy atom. The fourth-order valence-electron chi connectivity index (χ4n) is 2.78. The summed E-state index contributed by atoms with van der Waals surface area (Å²) in [5.74, 6) is 0. The summed E-state index contributed by atoms with van der Waals surface area (Å²) in [5.41, 5.74) is 2.94. The fraction of sp³-hybridized carbons (Fsp3) is 0.818. The molecular formula is C11H25NSi. The first-order chi connectivity index (χ1) is 5.70. The van der Waals surface area contributed by atoms with Crippen LogP contribution in [0.1, 0.15) is 34.6 Å². The van der Waals surface area contributed by atoms with E-state index in [2.05, 4.69) is 65.6 Å². The van der Waals surface area contributed by atoms with E-state index in [0.717, 1.165) is 0 Å². The van der Waals surface area contributed by atoms with Crippen LogP contribution in [0.3, 0.4) is 0 Å². The van der Waals surface area contributed by atoms with Crippen molar-refractivity contribution in [3.63, 3.8) is 0 Å². The second-order valence-electron chi connectivity index (χ2n) is 5.33. The van der Waals surface area contributed by atoms with Crippen molar-refractivity contribution in [1.82, 2.24) is 4.57 Å². The Bertz CT molecular complexity index is 169. The zero-order valence-electron chi connectivity index (χ0n) is 10.3. The molecule has 0 aliphatic carbocycles. The third-order valence-corrected chi connectivity index (χ3v) is 9.40. The third-order valence-electron chi connectivity index (χ3n) is 3.13. The van der Waals surface area contributed by atoms with Crippen molar-refractivity contribution in [3.05, 3.63) is 12.3 Å². The summed E-state index contributed by atoms with van der Waals surface area (Å²) in [6.07, 6.45) is 0.